The van der Waals surface area contributed by atoms with Crippen LogP contribution in [0.1, 0.15) is 40.5 Å². The maximum atomic E-state index is 13.0. The van der Waals surface area contributed by atoms with Gasteiger partial charge in [-0.2, -0.15) is 0 Å². The molecule has 1 fully saturated rings. The summed E-state index contributed by atoms with van der Waals surface area (Å²) in [4.78, 5) is 53.1. The first-order valence-electron chi connectivity index (χ1n) is 10.7. The molecule has 0 saturated carbocycles. The van der Waals surface area contributed by atoms with Crippen molar-refractivity contribution in [3.8, 4) is 5.75 Å². The Kier molecular flexibility index (Phi) is 6.20. The van der Waals surface area contributed by atoms with Crippen LogP contribution in [0.4, 0.5) is 0 Å². The number of nitrogens with one attached hydrogen (secondary N) is 1. The highest BCUT2D eigenvalue weighted by Gasteiger charge is 2.42. The molecule has 0 radical (unpaired) electrons. The number of imide groups is 1. The molecule has 4 rings (SSSR count). The summed E-state index contributed by atoms with van der Waals surface area (Å²) in [5.41, 5.74) is 0.660. The van der Waals surface area contributed by atoms with Gasteiger partial charge in [0.05, 0.1) is 11.1 Å². The fraction of sp³-hybridized carbons (Fsp3) is 0.333. The van der Waals surface area contributed by atoms with Gasteiger partial charge in [-0.1, -0.05) is 30.3 Å². The lowest BCUT2D eigenvalue weighted by Crippen LogP contribution is -2.53. The van der Waals surface area contributed by atoms with Gasteiger partial charge in [0.2, 0.25) is 5.91 Å². The first-order chi connectivity index (χ1) is 15.5. The molecule has 2 aliphatic rings. The van der Waals surface area contributed by atoms with Crippen molar-refractivity contribution in [2.45, 2.75) is 31.8 Å². The standard InChI is InChI=1S/C24H25N3O5/c1-16(27-23(30)19-9-5-6-10-20(19)24(27)31)22(29)26-13-11-17(12-14-26)25-21(28)15-32-18-7-3-2-4-8-18/h2-10,16-17H,11-15H2,1H3,(H,25,28). The normalized spacial score (nSPS) is 17.2. The Labute approximate surface area is 186 Å². The number of rotatable bonds is 6. The second kappa shape index (κ2) is 9.21. The van der Waals surface area contributed by atoms with E-state index in [-0.39, 0.29) is 24.5 Å². The van der Waals surface area contributed by atoms with Crippen molar-refractivity contribution in [1.82, 2.24) is 15.1 Å². The molecule has 8 nitrogen and oxygen atoms in total. The average Bonchev–Trinajstić information content (AvgIpc) is 3.08. The highest BCUT2D eigenvalue weighted by molar-refractivity contribution is 6.22. The Balaban J connectivity index is 1.27. The van der Waals surface area contributed by atoms with Crippen LogP contribution < -0.4 is 10.1 Å². The molecule has 8 heteroatoms. The predicted octanol–water partition coefficient (Wildman–Crippen LogP) is 1.86. The van der Waals surface area contributed by atoms with E-state index in [0.717, 1.165) is 4.90 Å². The highest BCUT2D eigenvalue weighted by atomic mass is 16.5. The highest BCUT2D eigenvalue weighted by Crippen LogP contribution is 2.25. The van der Waals surface area contributed by atoms with Crippen LogP contribution in [0, 0.1) is 0 Å². The zero-order valence-electron chi connectivity index (χ0n) is 17.8. The maximum absolute atomic E-state index is 13.0. The monoisotopic (exact) mass is 435 g/mol. The number of hydrogen-bond acceptors (Lipinski definition) is 5. The molecule has 0 spiro atoms. The quantitative estimate of drug-likeness (QED) is 0.699. The number of amides is 4. The summed E-state index contributed by atoms with van der Waals surface area (Å²) < 4.78 is 5.46. The summed E-state index contributed by atoms with van der Waals surface area (Å²) in [6, 6.07) is 14.8. The smallest absolute Gasteiger partial charge is 0.262 e. The van der Waals surface area contributed by atoms with Crippen LogP contribution in [-0.4, -0.2) is 65.2 Å². The molecular formula is C24H25N3O5. The summed E-state index contributed by atoms with van der Waals surface area (Å²) in [6.45, 7) is 2.40. The molecular weight excluding hydrogens is 410 g/mol. The number of carbonyl (C=O) groups is 4. The molecule has 2 aliphatic heterocycles. The molecule has 0 aromatic heterocycles. The second-order valence-corrected chi connectivity index (χ2v) is 7.97. The van der Waals surface area contributed by atoms with Crippen LogP contribution in [0.3, 0.4) is 0 Å². The van der Waals surface area contributed by atoms with Gasteiger partial charge in [0.15, 0.2) is 6.61 Å². The molecule has 1 atom stereocenters. The third kappa shape index (κ3) is 4.34. The van der Waals surface area contributed by atoms with E-state index in [1.54, 1.807) is 48.2 Å². The number of benzene rings is 2. The van der Waals surface area contributed by atoms with Crippen LogP contribution in [0.25, 0.3) is 0 Å². The molecule has 4 amide bonds. The molecule has 2 aromatic rings. The SMILES string of the molecule is CC(C(=O)N1CCC(NC(=O)COc2ccccc2)CC1)N1C(=O)c2ccccc2C1=O. The lowest BCUT2D eigenvalue weighted by molar-refractivity contribution is -0.136. The summed E-state index contributed by atoms with van der Waals surface area (Å²) in [7, 11) is 0. The minimum Gasteiger partial charge on any atom is -0.484 e. The number of fused-ring (bicyclic) bond motifs is 1. The Morgan fingerprint density at radius 1 is 0.969 bits per heavy atom. The van der Waals surface area contributed by atoms with E-state index in [4.69, 9.17) is 4.74 Å². The number of carbonyl (C=O) groups excluding carboxylic acids is 4. The zero-order valence-corrected chi connectivity index (χ0v) is 17.8. The van der Waals surface area contributed by atoms with Gasteiger partial charge in [0.1, 0.15) is 11.8 Å². The zero-order chi connectivity index (χ0) is 22.7. The molecule has 1 unspecified atom stereocenters. The van der Waals surface area contributed by atoms with E-state index < -0.39 is 17.9 Å². The van der Waals surface area contributed by atoms with E-state index in [0.29, 0.717) is 42.8 Å². The minimum atomic E-state index is -0.882. The van der Waals surface area contributed by atoms with Gasteiger partial charge in [-0.05, 0) is 44.0 Å². The molecule has 32 heavy (non-hydrogen) atoms. The second-order valence-electron chi connectivity index (χ2n) is 7.97. The van der Waals surface area contributed by atoms with Gasteiger partial charge < -0.3 is 15.0 Å². The third-order valence-electron chi connectivity index (χ3n) is 5.86. The number of hydrogen-bond donors (Lipinski definition) is 1. The van der Waals surface area contributed by atoms with E-state index in [9.17, 15) is 19.2 Å². The average molecular weight is 435 g/mol. The Hall–Kier alpha value is -3.68. The summed E-state index contributed by atoms with van der Waals surface area (Å²) >= 11 is 0. The molecule has 1 saturated heterocycles. The lowest BCUT2D eigenvalue weighted by Gasteiger charge is -2.35. The van der Waals surface area contributed by atoms with Crippen molar-refractivity contribution in [3.05, 3.63) is 65.7 Å². The van der Waals surface area contributed by atoms with Crippen LogP contribution in [-0.2, 0) is 9.59 Å². The van der Waals surface area contributed by atoms with Crippen LogP contribution in [0.15, 0.2) is 54.6 Å². The predicted molar refractivity (Wildman–Crippen MR) is 116 cm³/mol. The third-order valence-corrected chi connectivity index (χ3v) is 5.86. The molecule has 1 N–H and O–H groups in total. The number of para-hydroxylation sites is 1. The van der Waals surface area contributed by atoms with Crippen molar-refractivity contribution < 1.29 is 23.9 Å². The van der Waals surface area contributed by atoms with Gasteiger partial charge >= 0.3 is 0 Å². The van der Waals surface area contributed by atoms with Gasteiger partial charge in [-0.25, -0.2) is 0 Å². The fourth-order valence-electron chi connectivity index (χ4n) is 4.11. The number of nitrogens with zero attached hydrogens (tertiary/aromatic N) is 2. The Morgan fingerprint density at radius 2 is 1.53 bits per heavy atom. The first kappa shape index (κ1) is 21.5. The van der Waals surface area contributed by atoms with Crippen LogP contribution >= 0.6 is 0 Å². The van der Waals surface area contributed by atoms with E-state index in [1.165, 1.54) is 0 Å². The summed E-state index contributed by atoms with van der Waals surface area (Å²) in [5, 5.41) is 2.94. The Bertz CT molecular complexity index is 996. The minimum absolute atomic E-state index is 0.0551. The number of ether oxygens (including phenoxy) is 1. The number of piperidine rings is 1. The number of likely N-dealkylation sites (tertiary alicyclic amines) is 1. The van der Waals surface area contributed by atoms with Crippen LogP contribution in [0.5, 0.6) is 5.75 Å². The van der Waals surface area contributed by atoms with Crippen molar-refractivity contribution in [2.24, 2.45) is 0 Å². The fourth-order valence-corrected chi connectivity index (χ4v) is 4.11. The first-order valence-corrected chi connectivity index (χ1v) is 10.7. The molecule has 2 aromatic carbocycles. The molecule has 166 valence electrons. The topological polar surface area (TPSA) is 96.0 Å². The maximum Gasteiger partial charge on any atom is 0.262 e. The van der Waals surface area contributed by atoms with Crippen molar-refractivity contribution in [2.75, 3.05) is 19.7 Å². The van der Waals surface area contributed by atoms with E-state index >= 15 is 0 Å². The van der Waals surface area contributed by atoms with E-state index in [1.807, 2.05) is 18.2 Å². The van der Waals surface area contributed by atoms with Crippen molar-refractivity contribution in [3.63, 3.8) is 0 Å². The van der Waals surface area contributed by atoms with Gasteiger partial charge in [-0.15, -0.1) is 0 Å². The lowest BCUT2D eigenvalue weighted by atomic mass is 10.0. The van der Waals surface area contributed by atoms with Crippen molar-refractivity contribution >= 4 is 23.6 Å². The Morgan fingerprint density at radius 3 is 2.12 bits per heavy atom. The van der Waals surface area contributed by atoms with Crippen LogP contribution in [0.2, 0.25) is 0 Å². The van der Waals surface area contributed by atoms with Gasteiger partial charge in [-0.3, -0.25) is 24.1 Å². The summed E-state index contributed by atoms with van der Waals surface area (Å²) in [6.07, 6.45) is 1.19. The summed E-state index contributed by atoms with van der Waals surface area (Å²) in [5.74, 6) is -0.723. The van der Waals surface area contributed by atoms with Gasteiger partial charge in [0, 0.05) is 19.1 Å². The molecule has 2 heterocycles. The molecule has 0 aliphatic carbocycles. The van der Waals surface area contributed by atoms with E-state index in [2.05, 4.69) is 5.32 Å². The van der Waals surface area contributed by atoms with Crippen molar-refractivity contribution in [1.29, 1.82) is 0 Å². The van der Waals surface area contributed by atoms with Gasteiger partial charge in [0.25, 0.3) is 17.7 Å². The molecule has 0 bridgehead atoms. The largest absolute Gasteiger partial charge is 0.484 e.